The number of benzene rings is 2. The number of nitrogens with zero attached hydrogens (tertiary/aromatic N) is 2. The fourth-order valence-electron chi connectivity index (χ4n) is 3.51. The lowest BCUT2D eigenvalue weighted by atomic mass is 9.96. The molecule has 0 bridgehead atoms. The molecule has 0 N–H and O–H groups in total. The summed E-state index contributed by atoms with van der Waals surface area (Å²) in [5.74, 6) is 0. The van der Waals surface area contributed by atoms with Crippen LogP contribution in [0.5, 0.6) is 0 Å². The molecule has 2 aromatic heterocycles. The second-order valence-corrected chi connectivity index (χ2v) is 8.66. The van der Waals surface area contributed by atoms with Gasteiger partial charge in [0.05, 0.1) is 15.8 Å². The maximum Gasteiger partial charge on any atom is 0.127 e. The third kappa shape index (κ3) is 2.89. The SMILES string of the molecule is C(=Nc1sc2c(c1-c1nc3ccccc3s1)CCCC2)c1ccccc1. The van der Waals surface area contributed by atoms with E-state index in [2.05, 4.69) is 48.5 Å². The van der Waals surface area contributed by atoms with Gasteiger partial charge in [0.25, 0.3) is 0 Å². The molecule has 2 heterocycles. The van der Waals surface area contributed by atoms with Gasteiger partial charge in [0.1, 0.15) is 10.0 Å². The van der Waals surface area contributed by atoms with Gasteiger partial charge in [-0.15, -0.1) is 22.7 Å². The molecule has 0 unspecified atom stereocenters. The number of para-hydroxylation sites is 1. The van der Waals surface area contributed by atoms with Crippen molar-refractivity contribution >= 4 is 44.1 Å². The van der Waals surface area contributed by atoms with E-state index in [1.807, 2.05) is 23.6 Å². The summed E-state index contributed by atoms with van der Waals surface area (Å²) in [7, 11) is 0. The number of hydrogen-bond acceptors (Lipinski definition) is 4. The first-order valence-electron chi connectivity index (χ1n) is 8.98. The van der Waals surface area contributed by atoms with Gasteiger partial charge in [-0.05, 0) is 48.9 Å². The molecule has 0 saturated heterocycles. The lowest BCUT2D eigenvalue weighted by Gasteiger charge is -2.11. The molecule has 26 heavy (non-hydrogen) atoms. The van der Waals surface area contributed by atoms with E-state index in [0.717, 1.165) is 27.5 Å². The molecule has 128 valence electrons. The van der Waals surface area contributed by atoms with Gasteiger partial charge in [-0.2, -0.15) is 0 Å². The van der Waals surface area contributed by atoms with Gasteiger partial charge in [-0.1, -0.05) is 42.5 Å². The fraction of sp³-hybridized carbons (Fsp3) is 0.182. The molecule has 1 aliphatic rings. The highest BCUT2D eigenvalue weighted by Gasteiger charge is 2.23. The number of thiazole rings is 1. The minimum atomic E-state index is 1.08. The van der Waals surface area contributed by atoms with Crippen molar-refractivity contribution in [2.75, 3.05) is 0 Å². The Bertz CT molecular complexity index is 1060. The third-order valence-electron chi connectivity index (χ3n) is 4.79. The van der Waals surface area contributed by atoms with Crippen LogP contribution in [-0.4, -0.2) is 11.2 Å². The van der Waals surface area contributed by atoms with Crippen molar-refractivity contribution in [1.82, 2.24) is 4.98 Å². The van der Waals surface area contributed by atoms with Gasteiger partial charge in [0.15, 0.2) is 0 Å². The van der Waals surface area contributed by atoms with E-state index in [1.54, 1.807) is 11.3 Å². The molecule has 5 rings (SSSR count). The summed E-state index contributed by atoms with van der Waals surface area (Å²) in [6.07, 6.45) is 6.86. The van der Waals surface area contributed by atoms with Crippen molar-refractivity contribution in [2.45, 2.75) is 25.7 Å². The molecule has 0 atom stereocenters. The highest BCUT2D eigenvalue weighted by Crippen LogP contribution is 2.47. The van der Waals surface area contributed by atoms with E-state index >= 15 is 0 Å². The van der Waals surface area contributed by atoms with Crippen molar-refractivity contribution in [3.05, 3.63) is 70.6 Å². The Morgan fingerprint density at radius 1 is 0.885 bits per heavy atom. The van der Waals surface area contributed by atoms with Crippen LogP contribution in [0, 0.1) is 0 Å². The zero-order valence-electron chi connectivity index (χ0n) is 14.3. The van der Waals surface area contributed by atoms with E-state index in [-0.39, 0.29) is 0 Å². The van der Waals surface area contributed by atoms with Crippen LogP contribution in [0.4, 0.5) is 5.00 Å². The lowest BCUT2D eigenvalue weighted by molar-refractivity contribution is 0.698. The molecule has 4 aromatic rings. The monoisotopic (exact) mass is 374 g/mol. The predicted molar refractivity (Wildman–Crippen MR) is 113 cm³/mol. The van der Waals surface area contributed by atoms with E-state index in [1.165, 1.54) is 40.0 Å². The van der Waals surface area contributed by atoms with Gasteiger partial charge in [-0.3, -0.25) is 0 Å². The molecular formula is C22H18N2S2. The van der Waals surface area contributed by atoms with Crippen LogP contribution in [0.15, 0.2) is 59.6 Å². The lowest BCUT2D eigenvalue weighted by Crippen LogP contribution is -1.99. The maximum atomic E-state index is 4.93. The van der Waals surface area contributed by atoms with Crippen LogP contribution < -0.4 is 0 Å². The van der Waals surface area contributed by atoms with Crippen LogP contribution in [0.3, 0.4) is 0 Å². The fourth-order valence-corrected chi connectivity index (χ4v) is 5.85. The maximum absolute atomic E-state index is 4.93. The molecule has 2 nitrogen and oxygen atoms in total. The quantitative estimate of drug-likeness (QED) is 0.368. The molecule has 4 heteroatoms. The molecule has 0 spiro atoms. The van der Waals surface area contributed by atoms with Crippen LogP contribution in [-0.2, 0) is 12.8 Å². The number of hydrogen-bond donors (Lipinski definition) is 0. The summed E-state index contributed by atoms with van der Waals surface area (Å²) in [5.41, 5.74) is 4.98. The van der Waals surface area contributed by atoms with Gasteiger partial charge < -0.3 is 0 Å². The summed E-state index contributed by atoms with van der Waals surface area (Å²) in [4.78, 5) is 11.3. The summed E-state index contributed by atoms with van der Waals surface area (Å²) in [6, 6.07) is 18.7. The summed E-state index contributed by atoms with van der Waals surface area (Å²) in [6.45, 7) is 0. The topological polar surface area (TPSA) is 25.2 Å². The molecule has 0 amide bonds. The zero-order valence-corrected chi connectivity index (χ0v) is 15.9. The first kappa shape index (κ1) is 15.9. The molecule has 1 aliphatic carbocycles. The van der Waals surface area contributed by atoms with Crippen LogP contribution in [0.25, 0.3) is 20.8 Å². The Kier molecular flexibility index (Phi) is 4.15. The van der Waals surface area contributed by atoms with Gasteiger partial charge in [0.2, 0.25) is 0 Å². The molecular weight excluding hydrogens is 356 g/mol. The molecule has 0 saturated carbocycles. The van der Waals surface area contributed by atoms with E-state index in [0.29, 0.717) is 0 Å². The Hall–Kier alpha value is -2.30. The number of aryl methyl sites for hydroxylation is 1. The third-order valence-corrected chi connectivity index (χ3v) is 7.04. The van der Waals surface area contributed by atoms with Crippen molar-refractivity contribution in [1.29, 1.82) is 0 Å². The minimum absolute atomic E-state index is 1.08. The molecule has 2 aromatic carbocycles. The summed E-state index contributed by atoms with van der Waals surface area (Å²) in [5, 5.41) is 2.23. The van der Waals surface area contributed by atoms with Crippen LogP contribution in [0.1, 0.15) is 28.8 Å². The number of aliphatic imine (C=N–C) groups is 1. The Morgan fingerprint density at radius 3 is 2.58 bits per heavy atom. The minimum Gasteiger partial charge on any atom is -0.245 e. The van der Waals surface area contributed by atoms with E-state index < -0.39 is 0 Å². The highest BCUT2D eigenvalue weighted by atomic mass is 32.1. The van der Waals surface area contributed by atoms with Gasteiger partial charge >= 0.3 is 0 Å². The number of fused-ring (bicyclic) bond motifs is 2. The van der Waals surface area contributed by atoms with Gasteiger partial charge in [-0.25, -0.2) is 9.98 Å². The van der Waals surface area contributed by atoms with Gasteiger partial charge in [0, 0.05) is 11.1 Å². The summed E-state index contributed by atoms with van der Waals surface area (Å²) >= 11 is 3.64. The first-order valence-corrected chi connectivity index (χ1v) is 10.6. The number of rotatable bonds is 3. The average Bonchev–Trinajstić information content (AvgIpc) is 3.27. The number of thiophene rings is 1. The normalized spacial score (nSPS) is 14.2. The number of aromatic nitrogens is 1. The largest absolute Gasteiger partial charge is 0.245 e. The highest BCUT2D eigenvalue weighted by molar-refractivity contribution is 7.22. The smallest absolute Gasteiger partial charge is 0.127 e. The molecule has 0 fully saturated rings. The average molecular weight is 375 g/mol. The summed E-state index contributed by atoms with van der Waals surface area (Å²) < 4.78 is 1.25. The Balaban J connectivity index is 1.65. The second kappa shape index (κ2) is 6.78. The molecule has 0 aliphatic heterocycles. The van der Waals surface area contributed by atoms with Crippen LogP contribution >= 0.6 is 22.7 Å². The van der Waals surface area contributed by atoms with E-state index in [4.69, 9.17) is 9.98 Å². The first-order chi connectivity index (χ1) is 12.9. The standard InChI is InChI=1S/C22H18N2S2/c1-2-8-15(9-3-1)14-23-21-20(16-10-4-6-12-18(16)25-21)22-24-17-11-5-7-13-19(17)26-22/h1-3,5,7-9,11,13-14H,4,6,10,12H2. The van der Waals surface area contributed by atoms with Crippen molar-refractivity contribution < 1.29 is 0 Å². The predicted octanol–water partition coefficient (Wildman–Crippen LogP) is 6.65. The van der Waals surface area contributed by atoms with Crippen molar-refractivity contribution in [2.24, 2.45) is 4.99 Å². The Morgan fingerprint density at radius 2 is 1.69 bits per heavy atom. The van der Waals surface area contributed by atoms with E-state index in [9.17, 15) is 0 Å². The molecule has 0 radical (unpaired) electrons. The Labute approximate surface area is 160 Å². The van der Waals surface area contributed by atoms with Crippen LogP contribution in [0.2, 0.25) is 0 Å². The van der Waals surface area contributed by atoms with Crippen molar-refractivity contribution in [3.8, 4) is 10.6 Å². The van der Waals surface area contributed by atoms with Crippen molar-refractivity contribution in [3.63, 3.8) is 0 Å². The zero-order chi connectivity index (χ0) is 17.3. The second-order valence-electron chi connectivity index (χ2n) is 6.55.